The Labute approximate surface area is 99.1 Å². The molecule has 2 heterocycles. The van der Waals surface area contributed by atoms with Crippen LogP contribution in [0.3, 0.4) is 0 Å². The van der Waals surface area contributed by atoms with Crippen molar-refractivity contribution in [3.05, 3.63) is 53.6 Å². The molecule has 0 aromatic carbocycles. The molecule has 2 rings (SSSR count). The molecular formula is C12H14N4O. The molecule has 0 radical (unpaired) electrons. The first-order chi connectivity index (χ1) is 8.29. The highest BCUT2D eigenvalue weighted by molar-refractivity contribution is 5.94. The molecule has 5 nitrogen and oxygen atoms in total. The number of aromatic amines is 1. The smallest absolute Gasteiger partial charge is 0.251 e. The molecule has 0 aliphatic rings. The van der Waals surface area contributed by atoms with E-state index in [1.54, 1.807) is 18.3 Å². The molecule has 5 heteroatoms. The SMILES string of the molecule is NCc1cc(C(=O)NCc2ccc[nH]2)ccn1. The molecule has 0 saturated heterocycles. The molecular weight excluding hydrogens is 216 g/mol. The van der Waals surface area contributed by atoms with Crippen LogP contribution in [0.2, 0.25) is 0 Å². The molecule has 0 fully saturated rings. The zero-order valence-corrected chi connectivity index (χ0v) is 9.31. The number of carbonyl (C=O) groups is 1. The molecule has 1 amide bonds. The van der Waals surface area contributed by atoms with Gasteiger partial charge in [0.2, 0.25) is 0 Å². The molecule has 0 aliphatic carbocycles. The van der Waals surface area contributed by atoms with Crippen molar-refractivity contribution >= 4 is 5.91 Å². The summed E-state index contributed by atoms with van der Waals surface area (Å²) in [5.41, 5.74) is 7.72. The number of hydrogen-bond acceptors (Lipinski definition) is 3. The monoisotopic (exact) mass is 230 g/mol. The molecule has 0 atom stereocenters. The summed E-state index contributed by atoms with van der Waals surface area (Å²) in [6.07, 6.45) is 3.41. The summed E-state index contributed by atoms with van der Waals surface area (Å²) in [6.45, 7) is 0.809. The van der Waals surface area contributed by atoms with E-state index in [-0.39, 0.29) is 5.91 Å². The zero-order chi connectivity index (χ0) is 12.1. The fraction of sp³-hybridized carbons (Fsp3) is 0.167. The Kier molecular flexibility index (Phi) is 3.52. The highest BCUT2D eigenvalue weighted by Gasteiger charge is 2.06. The highest BCUT2D eigenvalue weighted by atomic mass is 16.1. The van der Waals surface area contributed by atoms with Gasteiger partial charge in [0.25, 0.3) is 5.91 Å². The summed E-state index contributed by atoms with van der Waals surface area (Å²) < 4.78 is 0. The Morgan fingerprint density at radius 3 is 3.06 bits per heavy atom. The van der Waals surface area contributed by atoms with E-state index in [2.05, 4.69) is 15.3 Å². The van der Waals surface area contributed by atoms with Crippen molar-refractivity contribution in [3.8, 4) is 0 Å². The maximum Gasteiger partial charge on any atom is 0.251 e. The van der Waals surface area contributed by atoms with Gasteiger partial charge in [-0.1, -0.05) is 0 Å². The van der Waals surface area contributed by atoms with E-state index in [0.717, 1.165) is 5.69 Å². The van der Waals surface area contributed by atoms with Crippen LogP contribution in [0.15, 0.2) is 36.7 Å². The van der Waals surface area contributed by atoms with Gasteiger partial charge >= 0.3 is 0 Å². The molecule has 0 aliphatic heterocycles. The topological polar surface area (TPSA) is 83.8 Å². The van der Waals surface area contributed by atoms with Crippen LogP contribution in [0.1, 0.15) is 21.7 Å². The largest absolute Gasteiger partial charge is 0.364 e. The van der Waals surface area contributed by atoms with E-state index in [9.17, 15) is 4.79 Å². The fourth-order valence-electron chi connectivity index (χ4n) is 1.49. The number of amides is 1. The van der Waals surface area contributed by atoms with Gasteiger partial charge in [-0.05, 0) is 24.3 Å². The predicted octanol–water partition coefficient (Wildman–Crippen LogP) is 0.798. The predicted molar refractivity (Wildman–Crippen MR) is 64.1 cm³/mol. The maximum atomic E-state index is 11.8. The lowest BCUT2D eigenvalue weighted by Crippen LogP contribution is -2.23. The Hall–Kier alpha value is -2.14. The van der Waals surface area contributed by atoms with Crippen LogP contribution >= 0.6 is 0 Å². The highest BCUT2D eigenvalue weighted by Crippen LogP contribution is 2.02. The van der Waals surface area contributed by atoms with Crippen molar-refractivity contribution in [1.82, 2.24) is 15.3 Å². The van der Waals surface area contributed by atoms with Crippen LogP contribution in [-0.2, 0) is 13.1 Å². The third kappa shape index (κ3) is 2.92. The minimum atomic E-state index is -0.128. The van der Waals surface area contributed by atoms with E-state index in [1.807, 2.05) is 18.3 Å². The van der Waals surface area contributed by atoms with E-state index in [0.29, 0.717) is 24.3 Å². The zero-order valence-electron chi connectivity index (χ0n) is 9.31. The van der Waals surface area contributed by atoms with Gasteiger partial charge < -0.3 is 16.0 Å². The molecule has 17 heavy (non-hydrogen) atoms. The van der Waals surface area contributed by atoms with Crippen molar-refractivity contribution in [3.63, 3.8) is 0 Å². The summed E-state index contributed by atoms with van der Waals surface area (Å²) in [6, 6.07) is 7.17. The average molecular weight is 230 g/mol. The average Bonchev–Trinajstić information content (AvgIpc) is 2.89. The summed E-state index contributed by atoms with van der Waals surface area (Å²) in [7, 11) is 0. The summed E-state index contributed by atoms with van der Waals surface area (Å²) in [5.74, 6) is -0.128. The molecule has 4 N–H and O–H groups in total. The Bertz CT molecular complexity index is 493. The van der Waals surface area contributed by atoms with E-state index in [1.165, 1.54) is 0 Å². The number of nitrogens with zero attached hydrogens (tertiary/aromatic N) is 1. The van der Waals surface area contributed by atoms with Crippen molar-refractivity contribution < 1.29 is 4.79 Å². The van der Waals surface area contributed by atoms with Crippen LogP contribution < -0.4 is 11.1 Å². The van der Waals surface area contributed by atoms with Crippen LogP contribution in [0.4, 0.5) is 0 Å². The second-order valence-electron chi connectivity index (χ2n) is 3.62. The lowest BCUT2D eigenvalue weighted by atomic mass is 10.2. The van der Waals surface area contributed by atoms with E-state index in [4.69, 9.17) is 5.73 Å². The minimum Gasteiger partial charge on any atom is -0.364 e. The van der Waals surface area contributed by atoms with E-state index < -0.39 is 0 Å². The van der Waals surface area contributed by atoms with Gasteiger partial charge in [0.05, 0.1) is 12.2 Å². The lowest BCUT2D eigenvalue weighted by Gasteiger charge is -2.04. The second kappa shape index (κ2) is 5.27. The first-order valence-electron chi connectivity index (χ1n) is 5.35. The molecule has 88 valence electrons. The number of carbonyl (C=O) groups excluding carboxylic acids is 1. The van der Waals surface area contributed by atoms with Crippen molar-refractivity contribution in [2.45, 2.75) is 13.1 Å². The van der Waals surface area contributed by atoms with Gasteiger partial charge in [-0.15, -0.1) is 0 Å². The Morgan fingerprint density at radius 1 is 1.47 bits per heavy atom. The standard InChI is InChI=1S/C12H14N4O/c13-7-11-6-9(3-5-15-11)12(17)16-8-10-2-1-4-14-10/h1-6,14H,7-8,13H2,(H,16,17). The Balaban J connectivity index is 1.99. The maximum absolute atomic E-state index is 11.8. The van der Waals surface area contributed by atoms with Crippen LogP contribution in [0.5, 0.6) is 0 Å². The van der Waals surface area contributed by atoms with E-state index >= 15 is 0 Å². The number of H-pyrrole nitrogens is 1. The van der Waals surface area contributed by atoms with Crippen LogP contribution in [0, 0.1) is 0 Å². The molecule has 0 bridgehead atoms. The normalized spacial score (nSPS) is 10.2. The van der Waals surface area contributed by atoms with Crippen molar-refractivity contribution in [1.29, 1.82) is 0 Å². The van der Waals surface area contributed by atoms with Crippen molar-refractivity contribution in [2.24, 2.45) is 5.73 Å². The van der Waals surface area contributed by atoms with Gasteiger partial charge in [-0.25, -0.2) is 0 Å². The summed E-state index contributed by atoms with van der Waals surface area (Å²) in [4.78, 5) is 18.9. The number of rotatable bonds is 4. The third-order valence-corrected chi connectivity index (χ3v) is 2.39. The lowest BCUT2D eigenvalue weighted by molar-refractivity contribution is 0.0950. The number of aromatic nitrogens is 2. The van der Waals surface area contributed by atoms with Gasteiger partial charge in [-0.2, -0.15) is 0 Å². The molecule has 2 aromatic rings. The van der Waals surface area contributed by atoms with Gasteiger partial charge in [0, 0.05) is 30.2 Å². The Morgan fingerprint density at radius 2 is 2.35 bits per heavy atom. The number of pyridine rings is 1. The van der Waals surface area contributed by atoms with Gasteiger partial charge in [-0.3, -0.25) is 9.78 Å². The van der Waals surface area contributed by atoms with Gasteiger partial charge in [0.1, 0.15) is 0 Å². The second-order valence-corrected chi connectivity index (χ2v) is 3.62. The fourth-order valence-corrected chi connectivity index (χ4v) is 1.49. The third-order valence-electron chi connectivity index (χ3n) is 2.39. The molecule has 2 aromatic heterocycles. The molecule has 0 saturated carbocycles. The first kappa shape index (κ1) is 11.3. The first-order valence-corrected chi connectivity index (χ1v) is 5.35. The number of nitrogens with one attached hydrogen (secondary N) is 2. The number of nitrogens with two attached hydrogens (primary N) is 1. The summed E-state index contributed by atoms with van der Waals surface area (Å²) in [5, 5.41) is 2.81. The van der Waals surface area contributed by atoms with Gasteiger partial charge in [0.15, 0.2) is 0 Å². The molecule has 0 unspecified atom stereocenters. The van der Waals surface area contributed by atoms with Crippen LogP contribution in [-0.4, -0.2) is 15.9 Å². The number of hydrogen-bond donors (Lipinski definition) is 3. The summed E-state index contributed by atoms with van der Waals surface area (Å²) >= 11 is 0. The van der Waals surface area contributed by atoms with Crippen molar-refractivity contribution in [2.75, 3.05) is 0 Å². The molecule has 0 spiro atoms. The quantitative estimate of drug-likeness (QED) is 0.726. The minimum absolute atomic E-state index is 0.128. The van der Waals surface area contributed by atoms with Crippen LogP contribution in [0.25, 0.3) is 0 Å².